The smallest absolute Gasteiger partial charge is 0.123 e. The summed E-state index contributed by atoms with van der Waals surface area (Å²) in [5, 5.41) is 4.27. The van der Waals surface area contributed by atoms with Gasteiger partial charge < -0.3 is 5.32 Å². The minimum atomic E-state index is -0.193. The highest BCUT2D eigenvalue weighted by atomic mass is 35.5. The lowest BCUT2D eigenvalue weighted by Crippen LogP contribution is -2.29. The lowest BCUT2D eigenvalue weighted by atomic mass is 9.77. The molecule has 3 atom stereocenters. The summed E-state index contributed by atoms with van der Waals surface area (Å²) in [4.78, 5) is 0. The highest BCUT2D eigenvalue weighted by molar-refractivity contribution is 6.33. The van der Waals surface area contributed by atoms with Crippen molar-refractivity contribution in [1.82, 2.24) is 0 Å². The van der Waals surface area contributed by atoms with Crippen LogP contribution in [0.25, 0.3) is 0 Å². The quantitative estimate of drug-likeness (QED) is 0.704. The van der Waals surface area contributed by atoms with Gasteiger partial charge in [0.2, 0.25) is 0 Å². The van der Waals surface area contributed by atoms with Crippen molar-refractivity contribution in [1.29, 1.82) is 0 Å². The van der Waals surface area contributed by atoms with Crippen LogP contribution in [0.1, 0.15) is 29.5 Å². The van der Waals surface area contributed by atoms with Crippen LogP contribution in [0, 0.1) is 11.7 Å². The zero-order valence-electron chi connectivity index (χ0n) is 11.4. The molecule has 4 rings (SSSR count). The van der Waals surface area contributed by atoms with Gasteiger partial charge in [0.25, 0.3) is 0 Å². The molecule has 3 heteroatoms. The first-order chi connectivity index (χ1) is 10.2. The molecule has 2 aromatic carbocycles. The van der Waals surface area contributed by atoms with Gasteiger partial charge in [-0.3, -0.25) is 0 Å². The molecule has 2 aromatic rings. The molecule has 0 bridgehead atoms. The van der Waals surface area contributed by atoms with E-state index in [9.17, 15) is 4.39 Å². The Balaban J connectivity index is 1.83. The Morgan fingerprint density at radius 2 is 2.00 bits per heavy atom. The average Bonchev–Trinajstić information content (AvgIpc) is 2.96. The van der Waals surface area contributed by atoms with Gasteiger partial charge in [-0.05, 0) is 41.7 Å². The summed E-state index contributed by atoms with van der Waals surface area (Å²) < 4.78 is 13.6. The summed E-state index contributed by atoms with van der Waals surface area (Å²) in [6, 6.07) is 13.0. The Kier molecular flexibility index (Phi) is 3.00. The largest absolute Gasteiger partial charge is 0.376 e. The molecule has 0 saturated carbocycles. The molecule has 1 heterocycles. The van der Waals surface area contributed by atoms with Crippen molar-refractivity contribution in [2.45, 2.75) is 18.4 Å². The van der Waals surface area contributed by atoms with Gasteiger partial charge in [0.1, 0.15) is 5.82 Å². The number of para-hydroxylation sites is 1. The van der Waals surface area contributed by atoms with Gasteiger partial charge in [-0.2, -0.15) is 0 Å². The van der Waals surface area contributed by atoms with E-state index < -0.39 is 0 Å². The van der Waals surface area contributed by atoms with Crippen molar-refractivity contribution in [3.63, 3.8) is 0 Å². The maximum atomic E-state index is 13.6. The fraction of sp³-hybridized carbons (Fsp3) is 0.222. The maximum Gasteiger partial charge on any atom is 0.123 e. The third kappa shape index (κ3) is 2.06. The Morgan fingerprint density at radius 1 is 1.14 bits per heavy atom. The van der Waals surface area contributed by atoms with Crippen molar-refractivity contribution in [2.75, 3.05) is 5.32 Å². The van der Waals surface area contributed by atoms with Crippen LogP contribution >= 0.6 is 11.6 Å². The molecule has 0 spiro atoms. The second kappa shape index (κ2) is 4.88. The molecule has 0 aromatic heterocycles. The zero-order chi connectivity index (χ0) is 14.4. The van der Waals surface area contributed by atoms with E-state index in [1.54, 1.807) is 12.1 Å². The molecular weight excluding hydrogens is 285 g/mol. The van der Waals surface area contributed by atoms with E-state index in [0.29, 0.717) is 11.8 Å². The summed E-state index contributed by atoms with van der Waals surface area (Å²) in [6.07, 6.45) is 5.48. The standard InChI is InChI=1S/C18H15ClFN/c19-16-9-3-8-15-13-6-2-7-14(13)17(21-18(15)16)11-4-1-5-12(20)10-11/h1-6,8-10,13-14,17,21H,7H2/t13-,14-,17-/m0/s1. The highest BCUT2D eigenvalue weighted by Crippen LogP contribution is 2.51. The molecule has 1 aliphatic heterocycles. The number of hydrogen-bond donors (Lipinski definition) is 1. The Morgan fingerprint density at radius 3 is 2.86 bits per heavy atom. The molecule has 1 aliphatic carbocycles. The van der Waals surface area contributed by atoms with E-state index in [0.717, 1.165) is 22.7 Å². The normalized spacial score (nSPS) is 26.1. The van der Waals surface area contributed by atoms with E-state index in [-0.39, 0.29) is 11.9 Å². The van der Waals surface area contributed by atoms with Gasteiger partial charge >= 0.3 is 0 Å². The third-order valence-electron chi connectivity index (χ3n) is 4.55. The number of rotatable bonds is 1. The van der Waals surface area contributed by atoms with Gasteiger partial charge in [-0.1, -0.05) is 48.0 Å². The summed E-state index contributed by atoms with van der Waals surface area (Å²) in [6.45, 7) is 0. The minimum absolute atomic E-state index is 0.0908. The fourth-order valence-corrected chi connectivity index (χ4v) is 3.85. The van der Waals surface area contributed by atoms with Crippen LogP contribution in [0.3, 0.4) is 0 Å². The molecule has 0 radical (unpaired) electrons. The first kappa shape index (κ1) is 12.9. The number of anilines is 1. The lowest BCUT2D eigenvalue weighted by Gasteiger charge is -2.38. The second-order valence-electron chi connectivity index (χ2n) is 5.73. The highest BCUT2D eigenvalue weighted by Gasteiger charge is 2.38. The van der Waals surface area contributed by atoms with Crippen LogP contribution < -0.4 is 5.32 Å². The molecule has 0 unspecified atom stereocenters. The summed E-state index contributed by atoms with van der Waals surface area (Å²) in [5.41, 5.74) is 3.22. The number of allylic oxidation sites excluding steroid dienone is 2. The van der Waals surface area contributed by atoms with E-state index in [1.165, 1.54) is 11.6 Å². The van der Waals surface area contributed by atoms with Crippen molar-refractivity contribution >= 4 is 17.3 Å². The predicted molar refractivity (Wildman–Crippen MR) is 84.2 cm³/mol. The number of fused-ring (bicyclic) bond motifs is 3. The van der Waals surface area contributed by atoms with Crippen LogP contribution in [0.15, 0.2) is 54.6 Å². The van der Waals surface area contributed by atoms with Gasteiger partial charge in [0.15, 0.2) is 0 Å². The minimum Gasteiger partial charge on any atom is -0.376 e. The average molecular weight is 300 g/mol. The Bertz CT molecular complexity index is 725. The van der Waals surface area contributed by atoms with Gasteiger partial charge in [0.05, 0.1) is 16.8 Å². The van der Waals surface area contributed by atoms with Gasteiger partial charge in [-0.25, -0.2) is 4.39 Å². The third-order valence-corrected chi connectivity index (χ3v) is 4.87. The summed E-state index contributed by atoms with van der Waals surface area (Å²) in [7, 11) is 0. The van der Waals surface area contributed by atoms with Crippen LogP contribution in [-0.4, -0.2) is 0 Å². The Labute approximate surface area is 128 Å². The van der Waals surface area contributed by atoms with Crippen molar-refractivity contribution < 1.29 is 4.39 Å². The first-order valence-corrected chi connectivity index (χ1v) is 7.59. The monoisotopic (exact) mass is 299 g/mol. The van der Waals surface area contributed by atoms with E-state index >= 15 is 0 Å². The number of benzene rings is 2. The number of hydrogen-bond acceptors (Lipinski definition) is 1. The zero-order valence-corrected chi connectivity index (χ0v) is 12.1. The molecule has 106 valence electrons. The molecule has 1 N–H and O–H groups in total. The lowest BCUT2D eigenvalue weighted by molar-refractivity contribution is 0.424. The second-order valence-corrected chi connectivity index (χ2v) is 6.14. The summed E-state index contributed by atoms with van der Waals surface area (Å²) >= 11 is 6.36. The van der Waals surface area contributed by atoms with Crippen LogP contribution in [0.5, 0.6) is 0 Å². The van der Waals surface area contributed by atoms with Gasteiger partial charge in [0, 0.05) is 5.92 Å². The van der Waals surface area contributed by atoms with Crippen molar-refractivity contribution in [3.8, 4) is 0 Å². The topological polar surface area (TPSA) is 12.0 Å². The number of halogens is 2. The van der Waals surface area contributed by atoms with Gasteiger partial charge in [-0.15, -0.1) is 0 Å². The molecule has 21 heavy (non-hydrogen) atoms. The van der Waals surface area contributed by atoms with Crippen molar-refractivity contribution in [3.05, 3.63) is 76.6 Å². The van der Waals surface area contributed by atoms with Crippen LogP contribution in [-0.2, 0) is 0 Å². The fourth-order valence-electron chi connectivity index (χ4n) is 3.61. The summed E-state index contributed by atoms with van der Waals surface area (Å²) in [5.74, 6) is 0.577. The SMILES string of the molecule is Fc1cccc([C@@H]2Nc3c(Cl)cccc3[C@H]3C=CC[C@@H]32)c1. The van der Waals surface area contributed by atoms with E-state index in [2.05, 4.69) is 23.5 Å². The number of nitrogens with one attached hydrogen (secondary N) is 1. The maximum absolute atomic E-state index is 13.6. The molecule has 1 nitrogen and oxygen atoms in total. The van der Waals surface area contributed by atoms with E-state index in [4.69, 9.17) is 11.6 Å². The molecule has 0 saturated heterocycles. The van der Waals surface area contributed by atoms with E-state index in [1.807, 2.05) is 18.2 Å². The molecule has 2 aliphatic rings. The van der Waals surface area contributed by atoms with Crippen molar-refractivity contribution in [2.24, 2.45) is 5.92 Å². The molecule has 0 fully saturated rings. The first-order valence-electron chi connectivity index (χ1n) is 7.21. The Hall–Kier alpha value is -1.80. The van der Waals surface area contributed by atoms with Crippen LogP contribution in [0.4, 0.5) is 10.1 Å². The predicted octanol–water partition coefficient (Wildman–Crippen LogP) is 5.31. The van der Waals surface area contributed by atoms with Crippen LogP contribution in [0.2, 0.25) is 5.02 Å². The molecular formula is C18H15ClFN. The molecule has 0 amide bonds.